The third kappa shape index (κ3) is 11.5. The highest BCUT2D eigenvalue weighted by Crippen LogP contribution is 2.09. The quantitative estimate of drug-likeness (QED) is 0.246. The molecule has 0 aliphatic carbocycles. The first-order chi connectivity index (χ1) is 6.91. The Bertz CT molecular complexity index is 121. The smallest absolute Gasteiger partial charge is 0.0240 e. The highest BCUT2D eigenvalue weighted by Gasteiger charge is 1.90. The van der Waals surface area contributed by atoms with Gasteiger partial charge in [0, 0.05) is 6.21 Å². The molecule has 2 nitrogen and oxygen atoms in total. The molecular weight excluding hydrogens is 172 g/mol. The molecule has 0 aliphatic heterocycles. The molecule has 0 radical (unpaired) electrons. The Kier molecular flexibility index (Phi) is 12.0. The summed E-state index contributed by atoms with van der Waals surface area (Å²) in [4.78, 5) is 0. The summed E-state index contributed by atoms with van der Waals surface area (Å²) in [6, 6.07) is 0. The number of nitrogens with two attached hydrogens (primary N) is 1. The van der Waals surface area contributed by atoms with Crippen LogP contribution in [0.2, 0.25) is 0 Å². The van der Waals surface area contributed by atoms with Crippen LogP contribution in [0.15, 0.2) is 5.10 Å². The maximum Gasteiger partial charge on any atom is 0.0240 e. The number of nitrogens with zero attached hydrogens (tertiary/aromatic N) is 1. The number of rotatable bonds is 10. The van der Waals surface area contributed by atoms with Crippen molar-refractivity contribution >= 4 is 6.21 Å². The SMILES string of the molecule is CCCCCCCCCCCC=NN. The number of hydrazone groups is 1. The third-order valence-corrected chi connectivity index (χ3v) is 2.54. The molecule has 0 saturated heterocycles. The normalized spacial score (nSPS) is 11.2. The lowest BCUT2D eigenvalue weighted by atomic mass is 10.1. The Hall–Kier alpha value is -0.530. The summed E-state index contributed by atoms with van der Waals surface area (Å²) in [5.41, 5.74) is 0. The lowest BCUT2D eigenvalue weighted by molar-refractivity contribution is 0.569. The zero-order valence-electron chi connectivity index (χ0n) is 9.67. The molecule has 0 heterocycles. The molecule has 0 aromatic rings. The third-order valence-electron chi connectivity index (χ3n) is 2.54. The second-order valence-electron chi connectivity index (χ2n) is 3.95. The lowest BCUT2D eigenvalue weighted by Gasteiger charge is -2.00. The van der Waals surface area contributed by atoms with E-state index in [4.69, 9.17) is 5.84 Å². The van der Waals surface area contributed by atoms with Crippen LogP contribution in [0.5, 0.6) is 0 Å². The van der Waals surface area contributed by atoms with Crippen LogP contribution in [-0.4, -0.2) is 6.21 Å². The van der Waals surface area contributed by atoms with Crippen molar-refractivity contribution in [2.75, 3.05) is 0 Å². The molecule has 14 heavy (non-hydrogen) atoms. The molecule has 2 heteroatoms. The fraction of sp³-hybridized carbons (Fsp3) is 0.917. The first-order valence-electron chi connectivity index (χ1n) is 6.13. The highest BCUT2D eigenvalue weighted by molar-refractivity contribution is 5.56. The molecule has 0 fully saturated rings. The Labute approximate surface area is 89.0 Å². The Morgan fingerprint density at radius 3 is 1.86 bits per heavy atom. The standard InChI is InChI=1S/C12H26N2/c1-2-3-4-5-6-7-8-9-10-11-12-14-13/h12H,2-11,13H2,1H3. The Morgan fingerprint density at radius 1 is 0.857 bits per heavy atom. The molecule has 84 valence electrons. The highest BCUT2D eigenvalue weighted by atomic mass is 15.1. The Morgan fingerprint density at radius 2 is 1.36 bits per heavy atom. The molecule has 0 spiro atoms. The van der Waals surface area contributed by atoms with E-state index in [1.54, 1.807) is 6.21 Å². The fourth-order valence-corrected chi connectivity index (χ4v) is 1.62. The summed E-state index contributed by atoms with van der Waals surface area (Å²) in [5, 5.41) is 3.48. The van der Waals surface area contributed by atoms with Gasteiger partial charge in [0.05, 0.1) is 0 Å². The molecule has 0 aromatic heterocycles. The lowest BCUT2D eigenvalue weighted by Crippen LogP contribution is -1.84. The van der Waals surface area contributed by atoms with Crippen molar-refractivity contribution in [3.63, 3.8) is 0 Å². The molecular formula is C12H26N2. The van der Waals surface area contributed by atoms with Crippen molar-refractivity contribution in [3.05, 3.63) is 0 Å². The van der Waals surface area contributed by atoms with Gasteiger partial charge in [0.15, 0.2) is 0 Å². The van der Waals surface area contributed by atoms with Gasteiger partial charge < -0.3 is 5.84 Å². The summed E-state index contributed by atoms with van der Waals surface area (Å²) in [7, 11) is 0. The Balaban J connectivity index is 2.85. The van der Waals surface area contributed by atoms with E-state index in [1.165, 1.54) is 57.8 Å². The van der Waals surface area contributed by atoms with E-state index in [1.807, 2.05) is 0 Å². The van der Waals surface area contributed by atoms with Crippen LogP contribution in [0.1, 0.15) is 71.1 Å². The van der Waals surface area contributed by atoms with Gasteiger partial charge in [-0.25, -0.2) is 0 Å². The van der Waals surface area contributed by atoms with E-state index in [0.717, 1.165) is 6.42 Å². The van der Waals surface area contributed by atoms with Gasteiger partial charge in [-0.1, -0.05) is 58.3 Å². The molecule has 0 atom stereocenters. The van der Waals surface area contributed by atoms with Crippen LogP contribution >= 0.6 is 0 Å². The van der Waals surface area contributed by atoms with Crippen molar-refractivity contribution < 1.29 is 0 Å². The van der Waals surface area contributed by atoms with E-state index in [0.29, 0.717) is 0 Å². The van der Waals surface area contributed by atoms with Crippen molar-refractivity contribution in [3.8, 4) is 0 Å². The minimum Gasteiger partial charge on any atom is -0.324 e. The summed E-state index contributed by atoms with van der Waals surface area (Å²) < 4.78 is 0. The number of hydrogen-bond acceptors (Lipinski definition) is 2. The largest absolute Gasteiger partial charge is 0.324 e. The second-order valence-corrected chi connectivity index (χ2v) is 3.95. The average Bonchev–Trinajstić information content (AvgIpc) is 2.21. The first kappa shape index (κ1) is 13.5. The zero-order valence-corrected chi connectivity index (χ0v) is 9.67. The maximum absolute atomic E-state index is 5.01. The van der Waals surface area contributed by atoms with Crippen LogP contribution in [0.4, 0.5) is 0 Å². The van der Waals surface area contributed by atoms with Crippen molar-refractivity contribution in [2.45, 2.75) is 71.1 Å². The predicted molar refractivity (Wildman–Crippen MR) is 64.5 cm³/mol. The van der Waals surface area contributed by atoms with Crippen molar-refractivity contribution in [1.82, 2.24) is 0 Å². The van der Waals surface area contributed by atoms with Gasteiger partial charge in [0.1, 0.15) is 0 Å². The summed E-state index contributed by atoms with van der Waals surface area (Å²) >= 11 is 0. The van der Waals surface area contributed by atoms with E-state index >= 15 is 0 Å². The molecule has 0 aliphatic rings. The average molecular weight is 198 g/mol. The minimum absolute atomic E-state index is 1.05. The number of unbranched alkanes of at least 4 members (excludes halogenated alkanes) is 9. The van der Waals surface area contributed by atoms with Crippen molar-refractivity contribution in [2.24, 2.45) is 10.9 Å². The van der Waals surface area contributed by atoms with E-state index in [2.05, 4.69) is 12.0 Å². The van der Waals surface area contributed by atoms with Crippen molar-refractivity contribution in [1.29, 1.82) is 0 Å². The van der Waals surface area contributed by atoms with Gasteiger partial charge in [-0.3, -0.25) is 0 Å². The van der Waals surface area contributed by atoms with Crippen LogP contribution in [0.25, 0.3) is 0 Å². The van der Waals surface area contributed by atoms with Crippen LogP contribution < -0.4 is 5.84 Å². The van der Waals surface area contributed by atoms with Crippen LogP contribution in [0.3, 0.4) is 0 Å². The fourth-order valence-electron chi connectivity index (χ4n) is 1.62. The van der Waals surface area contributed by atoms with Crippen LogP contribution in [0, 0.1) is 0 Å². The van der Waals surface area contributed by atoms with E-state index in [-0.39, 0.29) is 0 Å². The van der Waals surface area contributed by atoms with Gasteiger partial charge in [0.25, 0.3) is 0 Å². The minimum atomic E-state index is 1.05. The predicted octanol–water partition coefficient (Wildman–Crippen LogP) is 3.85. The molecule has 0 rings (SSSR count). The molecule has 0 saturated carbocycles. The monoisotopic (exact) mass is 198 g/mol. The second kappa shape index (κ2) is 12.5. The first-order valence-corrected chi connectivity index (χ1v) is 6.13. The van der Waals surface area contributed by atoms with E-state index < -0.39 is 0 Å². The maximum atomic E-state index is 5.01. The van der Waals surface area contributed by atoms with Gasteiger partial charge in [-0.2, -0.15) is 5.10 Å². The van der Waals surface area contributed by atoms with Gasteiger partial charge >= 0.3 is 0 Å². The van der Waals surface area contributed by atoms with Gasteiger partial charge in [0.2, 0.25) is 0 Å². The molecule has 0 bridgehead atoms. The molecule has 0 amide bonds. The number of hydrogen-bond donors (Lipinski definition) is 1. The van der Waals surface area contributed by atoms with Crippen LogP contribution in [-0.2, 0) is 0 Å². The summed E-state index contributed by atoms with van der Waals surface area (Å²) in [5.74, 6) is 5.01. The summed E-state index contributed by atoms with van der Waals surface area (Å²) in [6.45, 7) is 2.26. The van der Waals surface area contributed by atoms with E-state index in [9.17, 15) is 0 Å². The summed E-state index contributed by atoms with van der Waals surface area (Å²) in [6.07, 6.45) is 15.3. The molecule has 0 aromatic carbocycles. The van der Waals surface area contributed by atoms with Gasteiger partial charge in [-0.15, -0.1) is 0 Å². The van der Waals surface area contributed by atoms with Gasteiger partial charge in [-0.05, 0) is 12.8 Å². The zero-order chi connectivity index (χ0) is 10.5. The topological polar surface area (TPSA) is 38.4 Å². The molecule has 0 unspecified atom stereocenters. The molecule has 2 N–H and O–H groups in total.